The standard InChI is InChI=1S/C19H15NO4/c1-4-11-6-14-13(5-9(11)2)17(21)15(18(14)22)7-12-8-16-19(24-12)20-10(3)23-16/h5-8H,4H2,1-3H3/b15-7+. The molecule has 0 N–H and O–H groups in total. The van der Waals surface area contributed by atoms with Crippen LogP contribution >= 0.6 is 0 Å². The lowest BCUT2D eigenvalue weighted by atomic mass is 9.99. The zero-order chi connectivity index (χ0) is 17.0. The minimum atomic E-state index is -0.266. The Morgan fingerprint density at radius 1 is 1.04 bits per heavy atom. The highest BCUT2D eigenvalue weighted by Crippen LogP contribution is 2.31. The first-order valence-electron chi connectivity index (χ1n) is 7.79. The number of hydrogen-bond donors (Lipinski definition) is 0. The summed E-state index contributed by atoms with van der Waals surface area (Å²) in [7, 11) is 0. The van der Waals surface area contributed by atoms with Gasteiger partial charge in [-0.3, -0.25) is 9.59 Å². The lowest BCUT2D eigenvalue weighted by Gasteiger charge is -2.04. The molecule has 1 aliphatic carbocycles. The van der Waals surface area contributed by atoms with Crippen molar-refractivity contribution in [2.45, 2.75) is 27.2 Å². The second-order valence-electron chi connectivity index (χ2n) is 5.95. The molecular formula is C19H15NO4. The molecule has 2 heterocycles. The Morgan fingerprint density at radius 3 is 2.42 bits per heavy atom. The first-order valence-corrected chi connectivity index (χ1v) is 7.79. The third-order valence-corrected chi connectivity index (χ3v) is 4.34. The molecule has 120 valence electrons. The fourth-order valence-electron chi connectivity index (χ4n) is 3.11. The van der Waals surface area contributed by atoms with Gasteiger partial charge in [0.25, 0.3) is 5.71 Å². The number of nitrogens with zero attached hydrogens (tertiary/aromatic N) is 1. The van der Waals surface area contributed by atoms with Crippen LogP contribution in [0.2, 0.25) is 0 Å². The zero-order valence-electron chi connectivity index (χ0n) is 13.6. The summed E-state index contributed by atoms with van der Waals surface area (Å²) in [6.45, 7) is 5.70. The van der Waals surface area contributed by atoms with E-state index in [-0.39, 0.29) is 17.1 Å². The lowest BCUT2D eigenvalue weighted by molar-refractivity contribution is 0.0990. The van der Waals surface area contributed by atoms with E-state index in [9.17, 15) is 9.59 Å². The molecule has 0 amide bonds. The van der Waals surface area contributed by atoms with Crippen LogP contribution in [0.4, 0.5) is 0 Å². The molecule has 24 heavy (non-hydrogen) atoms. The number of aryl methyl sites for hydroxylation is 3. The van der Waals surface area contributed by atoms with Crippen molar-refractivity contribution in [3.05, 3.63) is 57.7 Å². The van der Waals surface area contributed by atoms with E-state index in [1.54, 1.807) is 19.1 Å². The van der Waals surface area contributed by atoms with Crippen LogP contribution < -0.4 is 0 Å². The largest absolute Gasteiger partial charge is 0.437 e. The maximum atomic E-state index is 12.6. The number of allylic oxidation sites excluding steroid dienone is 1. The minimum Gasteiger partial charge on any atom is -0.437 e. The number of aromatic nitrogens is 1. The van der Waals surface area contributed by atoms with Gasteiger partial charge in [0.2, 0.25) is 0 Å². The third kappa shape index (κ3) is 2.05. The van der Waals surface area contributed by atoms with E-state index in [4.69, 9.17) is 8.83 Å². The van der Waals surface area contributed by atoms with Crippen LogP contribution in [0.3, 0.4) is 0 Å². The van der Waals surface area contributed by atoms with Crippen LogP contribution in [0.1, 0.15) is 50.4 Å². The molecule has 0 saturated heterocycles. The highest BCUT2D eigenvalue weighted by molar-refractivity contribution is 6.41. The molecule has 0 radical (unpaired) electrons. The number of furan rings is 1. The van der Waals surface area contributed by atoms with E-state index in [2.05, 4.69) is 4.98 Å². The normalized spacial score (nSPS) is 15.7. The Balaban J connectivity index is 1.80. The molecule has 1 aliphatic rings. The van der Waals surface area contributed by atoms with Crippen molar-refractivity contribution in [2.24, 2.45) is 0 Å². The smallest absolute Gasteiger partial charge is 0.266 e. The van der Waals surface area contributed by atoms with E-state index in [0.717, 1.165) is 17.5 Å². The van der Waals surface area contributed by atoms with E-state index in [1.807, 2.05) is 19.9 Å². The molecule has 0 aliphatic heterocycles. The average molecular weight is 321 g/mol. The van der Waals surface area contributed by atoms with E-state index in [0.29, 0.717) is 34.1 Å². The molecule has 0 atom stereocenters. The van der Waals surface area contributed by atoms with Crippen molar-refractivity contribution in [3.63, 3.8) is 0 Å². The second-order valence-corrected chi connectivity index (χ2v) is 5.95. The van der Waals surface area contributed by atoms with E-state index < -0.39 is 0 Å². The number of carbonyl (C=O) groups is 2. The summed E-state index contributed by atoms with van der Waals surface area (Å²) in [4.78, 5) is 29.3. The summed E-state index contributed by atoms with van der Waals surface area (Å²) in [5, 5.41) is 0. The predicted molar refractivity (Wildman–Crippen MR) is 88.2 cm³/mol. The monoisotopic (exact) mass is 321 g/mol. The molecule has 0 bridgehead atoms. The highest BCUT2D eigenvalue weighted by Gasteiger charge is 2.34. The zero-order valence-corrected chi connectivity index (χ0v) is 13.6. The van der Waals surface area contributed by atoms with Crippen LogP contribution in [0, 0.1) is 13.8 Å². The van der Waals surface area contributed by atoms with Crippen molar-refractivity contribution in [2.75, 3.05) is 0 Å². The minimum absolute atomic E-state index is 0.116. The lowest BCUT2D eigenvalue weighted by Crippen LogP contribution is -1.99. The summed E-state index contributed by atoms with van der Waals surface area (Å²) < 4.78 is 10.9. The van der Waals surface area contributed by atoms with E-state index in [1.165, 1.54) is 6.08 Å². The summed E-state index contributed by atoms with van der Waals surface area (Å²) in [6, 6.07) is 5.26. The fraction of sp³-hybridized carbons (Fsp3) is 0.211. The summed E-state index contributed by atoms with van der Waals surface area (Å²) in [6.07, 6.45) is 2.29. The fourth-order valence-corrected chi connectivity index (χ4v) is 3.11. The summed E-state index contributed by atoms with van der Waals surface area (Å²) in [5.41, 5.74) is 4.01. The Labute approximate surface area is 138 Å². The van der Waals surface area contributed by atoms with Gasteiger partial charge in [-0.25, -0.2) is 0 Å². The molecule has 2 aromatic heterocycles. The SMILES string of the molecule is CCc1cc2c(cc1C)C(=O)/C(=C\c1cc3oc(C)nc3o1)C2=O. The third-order valence-electron chi connectivity index (χ3n) is 4.34. The Bertz CT molecular complexity index is 1020. The molecule has 0 unspecified atom stereocenters. The quantitative estimate of drug-likeness (QED) is 0.525. The van der Waals surface area contributed by atoms with Gasteiger partial charge in [-0.15, -0.1) is 0 Å². The Kier molecular flexibility index (Phi) is 3.06. The number of benzene rings is 1. The maximum Gasteiger partial charge on any atom is 0.266 e. The molecule has 4 rings (SSSR count). The van der Waals surface area contributed by atoms with Gasteiger partial charge in [0.15, 0.2) is 23.0 Å². The van der Waals surface area contributed by atoms with Crippen molar-refractivity contribution in [1.29, 1.82) is 0 Å². The van der Waals surface area contributed by atoms with Gasteiger partial charge in [0.05, 0.1) is 5.57 Å². The number of rotatable bonds is 2. The number of ketones is 2. The van der Waals surface area contributed by atoms with Gasteiger partial charge in [-0.1, -0.05) is 6.92 Å². The van der Waals surface area contributed by atoms with Gasteiger partial charge in [-0.05, 0) is 42.7 Å². The average Bonchev–Trinajstić information content (AvgIpc) is 3.13. The highest BCUT2D eigenvalue weighted by atomic mass is 16.4. The van der Waals surface area contributed by atoms with Crippen molar-refractivity contribution in [1.82, 2.24) is 4.98 Å². The van der Waals surface area contributed by atoms with Crippen LogP contribution in [0.25, 0.3) is 17.4 Å². The molecular weight excluding hydrogens is 306 g/mol. The van der Waals surface area contributed by atoms with Crippen LogP contribution in [0.15, 0.2) is 32.6 Å². The molecule has 0 fully saturated rings. The maximum absolute atomic E-state index is 12.6. The predicted octanol–water partition coefficient (Wildman–Crippen LogP) is 4.06. The van der Waals surface area contributed by atoms with Gasteiger partial charge < -0.3 is 8.83 Å². The molecule has 5 nitrogen and oxygen atoms in total. The Hall–Kier alpha value is -2.95. The topological polar surface area (TPSA) is 73.3 Å². The Morgan fingerprint density at radius 2 is 1.75 bits per heavy atom. The number of Topliss-reactive ketones (excluding diaryl/α,β-unsaturated/α-hetero) is 2. The molecule has 1 aromatic carbocycles. The van der Waals surface area contributed by atoms with Gasteiger partial charge in [0.1, 0.15) is 5.76 Å². The first kappa shape index (κ1) is 14.6. The van der Waals surface area contributed by atoms with Gasteiger partial charge in [0, 0.05) is 24.1 Å². The van der Waals surface area contributed by atoms with Gasteiger partial charge in [-0.2, -0.15) is 4.98 Å². The molecule has 3 aromatic rings. The number of carbonyl (C=O) groups excluding carboxylic acids is 2. The van der Waals surface area contributed by atoms with Crippen molar-refractivity contribution < 1.29 is 18.4 Å². The van der Waals surface area contributed by atoms with Crippen LogP contribution in [-0.4, -0.2) is 16.6 Å². The first-order chi connectivity index (χ1) is 11.5. The summed E-state index contributed by atoms with van der Waals surface area (Å²) >= 11 is 0. The number of fused-ring (bicyclic) bond motifs is 2. The second kappa shape index (κ2) is 5.03. The number of hydrogen-bond acceptors (Lipinski definition) is 5. The van der Waals surface area contributed by atoms with Crippen LogP contribution in [-0.2, 0) is 6.42 Å². The van der Waals surface area contributed by atoms with Crippen molar-refractivity contribution >= 4 is 28.9 Å². The molecule has 0 spiro atoms. The molecule has 0 saturated carbocycles. The van der Waals surface area contributed by atoms with E-state index >= 15 is 0 Å². The molecule has 5 heteroatoms. The summed E-state index contributed by atoms with van der Waals surface area (Å²) in [5.74, 6) is 0.360. The van der Waals surface area contributed by atoms with Gasteiger partial charge >= 0.3 is 0 Å². The number of oxazole rings is 1. The van der Waals surface area contributed by atoms with Crippen molar-refractivity contribution in [3.8, 4) is 0 Å². The van der Waals surface area contributed by atoms with Crippen LogP contribution in [0.5, 0.6) is 0 Å².